The number of urea groups is 1. The van der Waals surface area contributed by atoms with Gasteiger partial charge in [-0.1, -0.05) is 51.3 Å². The standard InChI is InChI=1S/C28H34BrCl2N5O5S/c1-16(2)34-15-24-35(42(40,41)23-11-10-19(30)13-20(23)31)14-21(32-27(39)33-28(3,4)5)25(37)36(24)22(26(34)38)12-17-6-8-18(29)9-7-17/h6-11,13,16,21-22,24H,12,14-15H2,1-5H3,(H2,32,33,39). The summed E-state index contributed by atoms with van der Waals surface area (Å²) < 4.78 is 30.5. The first-order valence-electron chi connectivity index (χ1n) is 13.4. The molecular weight excluding hydrogens is 669 g/mol. The lowest BCUT2D eigenvalue weighted by atomic mass is 9.96. The van der Waals surface area contributed by atoms with Crippen LogP contribution in [0.2, 0.25) is 10.0 Å². The zero-order valence-electron chi connectivity index (χ0n) is 23.9. The van der Waals surface area contributed by atoms with E-state index < -0.39 is 45.7 Å². The number of nitrogens with zero attached hydrogens (tertiary/aromatic N) is 3. The van der Waals surface area contributed by atoms with E-state index in [2.05, 4.69) is 26.6 Å². The summed E-state index contributed by atoms with van der Waals surface area (Å²) in [5, 5.41) is 5.56. The molecular formula is C28H34BrCl2N5O5S. The summed E-state index contributed by atoms with van der Waals surface area (Å²) in [4.78, 5) is 43.6. The number of fused-ring (bicyclic) bond motifs is 1. The average molecular weight is 703 g/mol. The molecule has 2 aromatic carbocycles. The molecule has 0 saturated carbocycles. The number of benzene rings is 2. The molecule has 4 amide bonds. The second kappa shape index (κ2) is 12.3. The van der Waals surface area contributed by atoms with Crippen molar-refractivity contribution in [2.24, 2.45) is 0 Å². The van der Waals surface area contributed by atoms with E-state index >= 15 is 0 Å². The first-order valence-corrected chi connectivity index (χ1v) is 16.4. The van der Waals surface area contributed by atoms with Crippen LogP contribution >= 0.6 is 39.1 Å². The second-order valence-corrected chi connectivity index (χ2v) is 15.3. The fourth-order valence-corrected chi connectivity index (χ4v) is 7.77. The largest absolute Gasteiger partial charge is 0.335 e. The Morgan fingerprint density at radius 2 is 1.69 bits per heavy atom. The van der Waals surface area contributed by atoms with Gasteiger partial charge in [0.05, 0.1) is 11.6 Å². The van der Waals surface area contributed by atoms with Gasteiger partial charge in [0.25, 0.3) is 0 Å². The Labute approximate surface area is 264 Å². The lowest BCUT2D eigenvalue weighted by Gasteiger charge is -2.54. The van der Waals surface area contributed by atoms with E-state index in [0.29, 0.717) is 0 Å². The van der Waals surface area contributed by atoms with Gasteiger partial charge in [-0.15, -0.1) is 0 Å². The summed E-state index contributed by atoms with van der Waals surface area (Å²) in [6.45, 7) is 8.61. The maximum atomic E-state index is 14.2. The number of rotatable bonds is 6. The van der Waals surface area contributed by atoms with Crippen LogP contribution in [0.25, 0.3) is 0 Å². The van der Waals surface area contributed by atoms with Crippen molar-refractivity contribution < 1.29 is 22.8 Å². The van der Waals surface area contributed by atoms with Crippen molar-refractivity contribution in [2.45, 2.75) is 75.8 Å². The normalized spacial score (nSPS) is 21.9. The predicted octanol–water partition coefficient (Wildman–Crippen LogP) is 4.24. The highest BCUT2D eigenvalue weighted by molar-refractivity contribution is 9.10. The van der Waals surface area contributed by atoms with Crippen molar-refractivity contribution in [3.63, 3.8) is 0 Å². The van der Waals surface area contributed by atoms with Gasteiger partial charge in [-0.3, -0.25) is 9.59 Å². The fourth-order valence-electron chi connectivity index (χ4n) is 5.17. The molecule has 0 bridgehead atoms. The molecule has 2 aliphatic rings. The molecule has 3 unspecified atom stereocenters. The molecule has 2 aliphatic heterocycles. The van der Waals surface area contributed by atoms with Crippen molar-refractivity contribution in [1.29, 1.82) is 0 Å². The van der Waals surface area contributed by atoms with Gasteiger partial charge < -0.3 is 20.4 Å². The van der Waals surface area contributed by atoms with E-state index in [0.717, 1.165) is 14.3 Å². The summed E-state index contributed by atoms with van der Waals surface area (Å²) in [5.74, 6) is -0.851. The molecule has 4 rings (SSSR count). The minimum atomic E-state index is -4.34. The Morgan fingerprint density at radius 1 is 1.05 bits per heavy atom. The molecule has 2 fully saturated rings. The molecule has 0 aliphatic carbocycles. The molecule has 2 saturated heterocycles. The van der Waals surface area contributed by atoms with Crippen LogP contribution in [0.3, 0.4) is 0 Å². The van der Waals surface area contributed by atoms with E-state index in [1.54, 1.807) is 25.7 Å². The predicted molar refractivity (Wildman–Crippen MR) is 165 cm³/mol. The zero-order valence-corrected chi connectivity index (χ0v) is 27.8. The van der Waals surface area contributed by atoms with Crippen molar-refractivity contribution in [3.8, 4) is 0 Å². The van der Waals surface area contributed by atoms with Crippen LogP contribution in [-0.4, -0.2) is 83.3 Å². The van der Waals surface area contributed by atoms with Gasteiger partial charge in [0.2, 0.25) is 21.8 Å². The summed E-state index contributed by atoms with van der Waals surface area (Å²) >= 11 is 15.8. The molecule has 2 aromatic rings. The molecule has 2 N–H and O–H groups in total. The van der Waals surface area contributed by atoms with Gasteiger partial charge in [0, 0.05) is 34.0 Å². The van der Waals surface area contributed by atoms with Crippen LogP contribution in [0, 0.1) is 0 Å². The maximum absolute atomic E-state index is 14.2. The zero-order chi connectivity index (χ0) is 31.1. The van der Waals surface area contributed by atoms with Crippen LogP contribution in [-0.2, 0) is 26.0 Å². The third-order valence-electron chi connectivity index (χ3n) is 7.07. The molecule has 42 heavy (non-hydrogen) atoms. The molecule has 2 heterocycles. The molecule has 3 atom stereocenters. The molecule has 0 radical (unpaired) electrons. The quantitative estimate of drug-likeness (QED) is 0.467. The topological polar surface area (TPSA) is 119 Å². The van der Waals surface area contributed by atoms with Crippen molar-refractivity contribution in [1.82, 2.24) is 24.7 Å². The Bertz CT molecular complexity index is 1480. The third-order valence-corrected chi connectivity index (χ3v) is 10.2. The molecule has 0 aromatic heterocycles. The minimum Gasteiger partial charge on any atom is -0.335 e. The lowest BCUT2D eigenvalue weighted by Crippen LogP contribution is -2.76. The molecule has 10 nitrogen and oxygen atoms in total. The molecule has 0 spiro atoms. The maximum Gasteiger partial charge on any atom is 0.315 e. The third kappa shape index (κ3) is 6.88. The van der Waals surface area contributed by atoms with Crippen LogP contribution < -0.4 is 10.6 Å². The van der Waals surface area contributed by atoms with Crippen molar-refractivity contribution in [3.05, 3.63) is 62.5 Å². The van der Waals surface area contributed by atoms with E-state index in [1.807, 2.05) is 38.1 Å². The van der Waals surface area contributed by atoms with Gasteiger partial charge >= 0.3 is 6.03 Å². The highest BCUT2D eigenvalue weighted by Crippen LogP contribution is 2.35. The number of nitrogens with one attached hydrogen (secondary N) is 2. The smallest absolute Gasteiger partial charge is 0.315 e. The van der Waals surface area contributed by atoms with Crippen LogP contribution in [0.5, 0.6) is 0 Å². The molecule has 228 valence electrons. The number of sulfonamides is 1. The number of amides is 4. The number of piperazine rings is 1. The first-order chi connectivity index (χ1) is 19.5. The van der Waals surface area contributed by atoms with Crippen LogP contribution in [0.4, 0.5) is 4.79 Å². The van der Waals surface area contributed by atoms with Crippen molar-refractivity contribution in [2.75, 3.05) is 13.1 Å². The Kier molecular flexibility index (Phi) is 9.54. The highest BCUT2D eigenvalue weighted by atomic mass is 79.9. The number of carbonyl (C=O) groups excluding carboxylic acids is 3. The number of hydrogen-bond donors (Lipinski definition) is 2. The van der Waals surface area contributed by atoms with Crippen LogP contribution in [0.15, 0.2) is 51.8 Å². The second-order valence-electron chi connectivity index (χ2n) is 11.7. The van der Waals surface area contributed by atoms with Gasteiger partial charge in [0.1, 0.15) is 23.1 Å². The Morgan fingerprint density at radius 3 is 2.26 bits per heavy atom. The SMILES string of the molecule is CC(C)N1CC2N(C(=O)C(NC(=O)NC(C)(C)C)CN2S(=O)(=O)c2ccc(Cl)cc2Cl)C(Cc2ccc(Br)cc2)C1=O. The fraction of sp³-hybridized carbons (Fsp3) is 0.464. The molecule has 14 heteroatoms. The number of carbonyl (C=O) groups is 3. The van der Waals surface area contributed by atoms with Gasteiger partial charge in [0.15, 0.2) is 0 Å². The van der Waals surface area contributed by atoms with E-state index in [1.165, 1.54) is 23.1 Å². The highest BCUT2D eigenvalue weighted by Gasteiger charge is 2.54. The summed E-state index contributed by atoms with van der Waals surface area (Å²) in [6.07, 6.45) is -0.896. The Balaban J connectivity index is 1.83. The first kappa shape index (κ1) is 32.5. The number of hydrogen-bond acceptors (Lipinski definition) is 5. The van der Waals surface area contributed by atoms with E-state index in [9.17, 15) is 22.8 Å². The monoisotopic (exact) mass is 701 g/mol. The summed E-state index contributed by atoms with van der Waals surface area (Å²) in [7, 11) is -4.34. The Hall–Kier alpha value is -2.38. The van der Waals surface area contributed by atoms with E-state index in [4.69, 9.17) is 23.2 Å². The van der Waals surface area contributed by atoms with Gasteiger partial charge in [-0.2, -0.15) is 4.31 Å². The summed E-state index contributed by atoms with van der Waals surface area (Å²) in [6, 6.07) is 8.20. The van der Waals surface area contributed by atoms with Gasteiger partial charge in [-0.25, -0.2) is 13.2 Å². The van der Waals surface area contributed by atoms with Crippen LogP contribution in [0.1, 0.15) is 40.2 Å². The average Bonchev–Trinajstić information content (AvgIpc) is 2.86. The minimum absolute atomic E-state index is 0.0512. The lowest BCUT2D eigenvalue weighted by molar-refractivity contribution is -0.168. The van der Waals surface area contributed by atoms with Gasteiger partial charge in [-0.05, 0) is 70.5 Å². The number of halogens is 3. The van der Waals surface area contributed by atoms with Crippen molar-refractivity contribution >= 4 is 67.0 Å². The summed E-state index contributed by atoms with van der Waals surface area (Å²) in [5.41, 5.74) is 0.167. The van der Waals surface area contributed by atoms with E-state index in [-0.39, 0.29) is 46.4 Å².